The molecule has 2 unspecified atom stereocenters. The van der Waals surface area contributed by atoms with E-state index >= 15 is 0 Å². The lowest BCUT2D eigenvalue weighted by atomic mass is 9.77. The summed E-state index contributed by atoms with van der Waals surface area (Å²) in [6, 6.07) is 0. The number of aromatic nitrogens is 2. The SMILES string of the molecule is Cc1nc(-c2csc(C3(N)CCCC(C)C3)n2)cs1. The van der Waals surface area contributed by atoms with Gasteiger partial charge < -0.3 is 5.73 Å². The second-order valence-electron chi connectivity index (χ2n) is 5.65. The van der Waals surface area contributed by atoms with Crippen LogP contribution in [0.2, 0.25) is 0 Å². The second kappa shape index (κ2) is 4.96. The van der Waals surface area contributed by atoms with Crippen molar-refractivity contribution in [2.75, 3.05) is 0 Å². The molecule has 19 heavy (non-hydrogen) atoms. The second-order valence-corrected chi connectivity index (χ2v) is 7.57. The fraction of sp³-hybridized carbons (Fsp3) is 0.571. The number of hydrogen-bond acceptors (Lipinski definition) is 5. The van der Waals surface area contributed by atoms with Crippen LogP contribution in [0.1, 0.15) is 42.6 Å². The van der Waals surface area contributed by atoms with Gasteiger partial charge in [0.05, 0.1) is 10.5 Å². The van der Waals surface area contributed by atoms with E-state index in [0.717, 1.165) is 34.2 Å². The number of aryl methyl sites for hydroxylation is 1. The van der Waals surface area contributed by atoms with Gasteiger partial charge in [-0.05, 0) is 25.7 Å². The molecule has 1 aliphatic rings. The Labute approximate surface area is 121 Å². The number of hydrogen-bond donors (Lipinski definition) is 1. The first kappa shape index (κ1) is 13.2. The molecule has 5 heteroatoms. The van der Waals surface area contributed by atoms with Crippen molar-refractivity contribution >= 4 is 22.7 Å². The number of rotatable bonds is 2. The summed E-state index contributed by atoms with van der Waals surface area (Å²) in [5, 5.41) is 6.33. The maximum absolute atomic E-state index is 6.60. The highest BCUT2D eigenvalue weighted by atomic mass is 32.1. The highest BCUT2D eigenvalue weighted by Gasteiger charge is 2.35. The third kappa shape index (κ3) is 2.59. The minimum absolute atomic E-state index is 0.217. The molecule has 0 saturated heterocycles. The van der Waals surface area contributed by atoms with Crippen LogP contribution in [-0.4, -0.2) is 9.97 Å². The van der Waals surface area contributed by atoms with Crippen molar-refractivity contribution in [3.05, 3.63) is 20.8 Å². The lowest BCUT2D eigenvalue weighted by Gasteiger charge is -2.35. The molecule has 0 aliphatic heterocycles. The molecule has 3 rings (SSSR count). The summed E-state index contributed by atoms with van der Waals surface area (Å²) in [4.78, 5) is 9.26. The van der Waals surface area contributed by atoms with Gasteiger partial charge in [0.2, 0.25) is 0 Å². The van der Waals surface area contributed by atoms with Gasteiger partial charge in [0.15, 0.2) is 0 Å². The molecule has 0 radical (unpaired) electrons. The van der Waals surface area contributed by atoms with Crippen molar-refractivity contribution < 1.29 is 0 Å². The van der Waals surface area contributed by atoms with Gasteiger partial charge in [0.1, 0.15) is 16.4 Å². The summed E-state index contributed by atoms with van der Waals surface area (Å²) >= 11 is 3.36. The van der Waals surface area contributed by atoms with Crippen molar-refractivity contribution in [3.8, 4) is 11.4 Å². The quantitative estimate of drug-likeness (QED) is 0.912. The van der Waals surface area contributed by atoms with E-state index in [0.29, 0.717) is 5.92 Å². The average Bonchev–Trinajstić information content (AvgIpc) is 2.96. The topological polar surface area (TPSA) is 51.8 Å². The zero-order valence-electron chi connectivity index (χ0n) is 11.3. The minimum Gasteiger partial charge on any atom is -0.319 e. The molecule has 102 valence electrons. The Kier molecular flexibility index (Phi) is 3.45. The smallest absolute Gasteiger partial charge is 0.113 e. The monoisotopic (exact) mass is 293 g/mol. The predicted octanol–water partition coefficient (Wildman–Crippen LogP) is 3.94. The number of thiazole rings is 2. The van der Waals surface area contributed by atoms with E-state index in [4.69, 9.17) is 10.7 Å². The molecule has 0 spiro atoms. The molecular formula is C14H19N3S2. The first-order chi connectivity index (χ1) is 9.07. The Bertz CT molecular complexity index is 575. The van der Waals surface area contributed by atoms with Gasteiger partial charge in [-0.15, -0.1) is 22.7 Å². The van der Waals surface area contributed by atoms with Crippen molar-refractivity contribution in [2.45, 2.75) is 45.1 Å². The molecule has 0 bridgehead atoms. The van der Waals surface area contributed by atoms with Gasteiger partial charge in [-0.25, -0.2) is 9.97 Å². The van der Waals surface area contributed by atoms with Gasteiger partial charge in [-0.2, -0.15) is 0 Å². The van der Waals surface area contributed by atoms with E-state index in [9.17, 15) is 0 Å². The van der Waals surface area contributed by atoms with Gasteiger partial charge in [-0.1, -0.05) is 19.8 Å². The Morgan fingerprint density at radius 3 is 2.68 bits per heavy atom. The van der Waals surface area contributed by atoms with E-state index in [1.807, 2.05) is 6.92 Å². The largest absolute Gasteiger partial charge is 0.319 e. The summed E-state index contributed by atoms with van der Waals surface area (Å²) in [6.45, 7) is 4.31. The van der Waals surface area contributed by atoms with Crippen LogP contribution in [0.5, 0.6) is 0 Å². The summed E-state index contributed by atoms with van der Waals surface area (Å²) in [7, 11) is 0. The Morgan fingerprint density at radius 1 is 1.26 bits per heavy atom. The molecule has 2 aromatic heterocycles. The van der Waals surface area contributed by atoms with Gasteiger partial charge in [0.25, 0.3) is 0 Å². The van der Waals surface area contributed by atoms with E-state index in [-0.39, 0.29) is 5.54 Å². The molecule has 0 amide bonds. The summed E-state index contributed by atoms with van der Waals surface area (Å²) in [5.74, 6) is 0.701. The first-order valence-corrected chi connectivity index (χ1v) is 8.50. The lowest BCUT2D eigenvalue weighted by molar-refractivity contribution is 0.238. The Morgan fingerprint density at radius 2 is 2.00 bits per heavy atom. The summed E-state index contributed by atoms with van der Waals surface area (Å²) in [6.07, 6.45) is 4.61. The van der Waals surface area contributed by atoms with Gasteiger partial charge in [0, 0.05) is 10.8 Å². The van der Waals surface area contributed by atoms with Crippen molar-refractivity contribution in [1.82, 2.24) is 9.97 Å². The van der Waals surface area contributed by atoms with Crippen molar-refractivity contribution in [3.63, 3.8) is 0 Å². The summed E-state index contributed by atoms with van der Waals surface area (Å²) < 4.78 is 0. The van der Waals surface area contributed by atoms with E-state index < -0.39 is 0 Å². The normalized spacial score (nSPS) is 27.6. The van der Waals surface area contributed by atoms with Crippen LogP contribution in [0, 0.1) is 12.8 Å². The fourth-order valence-electron chi connectivity index (χ4n) is 2.89. The maximum atomic E-state index is 6.60. The average molecular weight is 293 g/mol. The number of nitrogens with two attached hydrogens (primary N) is 1. The molecule has 2 atom stereocenters. The predicted molar refractivity (Wildman–Crippen MR) is 81.5 cm³/mol. The highest BCUT2D eigenvalue weighted by Crippen LogP contribution is 2.40. The van der Waals surface area contributed by atoms with Crippen LogP contribution < -0.4 is 5.73 Å². The van der Waals surface area contributed by atoms with Crippen LogP contribution in [0.4, 0.5) is 0 Å². The minimum atomic E-state index is -0.217. The van der Waals surface area contributed by atoms with E-state index in [1.54, 1.807) is 22.7 Å². The molecule has 1 aliphatic carbocycles. The van der Waals surface area contributed by atoms with Crippen LogP contribution in [0.25, 0.3) is 11.4 Å². The van der Waals surface area contributed by atoms with Crippen LogP contribution in [0.3, 0.4) is 0 Å². The fourth-order valence-corrected chi connectivity index (χ4v) is 4.46. The molecule has 3 nitrogen and oxygen atoms in total. The molecule has 2 heterocycles. The van der Waals surface area contributed by atoms with Crippen molar-refractivity contribution in [2.24, 2.45) is 11.7 Å². The molecule has 1 fully saturated rings. The first-order valence-electron chi connectivity index (χ1n) is 6.74. The Hall–Kier alpha value is -0.780. The van der Waals surface area contributed by atoms with Gasteiger partial charge in [-0.3, -0.25) is 0 Å². The third-order valence-corrected chi connectivity index (χ3v) is 5.68. The van der Waals surface area contributed by atoms with Gasteiger partial charge >= 0.3 is 0 Å². The zero-order valence-corrected chi connectivity index (χ0v) is 13.0. The zero-order chi connectivity index (χ0) is 13.5. The molecule has 2 N–H and O–H groups in total. The molecule has 0 aromatic carbocycles. The summed E-state index contributed by atoms with van der Waals surface area (Å²) in [5.41, 5.74) is 8.34. The highest BCUT2D eigenvalue weighted by molar-refractivity contribution is 7.10. The molecule has 1 saturated carbocycles. The van der Waals surface area contributed by atoms with E-state index in [2.05, 4.69) is 22.7 Å². The standard InChI is InChI=1S/C14H19N3S2/c1-9-4-3-5-14(15,6-9)13-17-12(8-19-13)11-7-18-10(2)16-11/h7-9H,3-6,15H2,1-2H3. The number of nitrogens with zero attached hydrogens (tertiary/aromatic N) is 2. The van der Waals surface area contributed by atoms with Crippen molar-refractivity contribution in [1.29, 1.82) is 0 Å². The van der Waals surface area contributed by atoms with Crippen LogP contribution in [-0.2, 0) is 5.54 Å². The van der Waals surface area contributed by atoms with Crippen LogP contribution >= 0.6 is 22.7 Å². The molecular weight excluding hydrogens is 274 g/mol. The maximum Gasteiger partial charge on any atom is 0.113 e. The van der Waals surface area contributed by atoms with E-state index in [1.165, 1.54) is 12.8 Å². The van der Waals surface area contributed by atoms with Crippen LogP contribution in [0.15, 0.2) is 10.8 Å². The third-order valence-electron chi connectivity index (χ3n) is 3.84. The lowest BCUT2D eigenvalue weighted by Crippen LogP contribution is -2.40. The Balaban J connectivity index is 1.88. The molecule has 2 aromatic rings.